The van der Waals surface area contributed by atoms with E-state index in [0.29, 0.717) is 17.5 Å². The predicted octanol–water partition coefficient (Wildman–Crippen LogP) is 4.52. The Labute approximate surface area is 121 Å². The van der Waals surface area contributed by atoms with Gasteiger partial charge in [-0.2, -0.15) is 18.3 Å². The van der Waals surface area contributed by atoms with Crippen LogP contribution in [0.3, 0.4) is 0 Å². The third-order valence-electron chi connectivity index (χ3n) is 3.45. The fraction of sp³-hybridized carbons (Fsp3) is 0.462. The van der Waals surface area contributed by atoms with Crippen molar-refractivity contribution in [3.63, 3.8) is 0 Å². The second kappa shape index (κ2) is 5.04. The first kappa shape index (κ1) is 13.9. The summed E-state index contributed by atoms with van der Waals surface area (Å²) in [6.07, 6.45) is -0.242. The van der Waals surface area contributed by atoms with Crippen molar-refractivity contribution in [2.75, 3.05) is 6.61 Å². The standard InChI is InChI=1S/C13H12BrF3N2O/c14-12-8-7-18-19(11-3-1-2-6-20-11)10(8)5-4-9(12)13(15,16)17/h4-5,7,11H,1-3,6H2/t11-/m1/s1. The molecule has 2 aromatic rings. The highest BCUT2D eigenvalue weighted by Gasteiger charge is 2.34. The lowest BCUT2D eigenvalue weighted by Crippen LogP contribution is -2.19. The van der Waals surface area contributed by atoms with E-state index in [2.05, 4.69) is 21.0 Å². The Morgan fingerprint density at radius 1 is 1.30 bits per heavy atom. The molecule has 1 aliphatic heterocycles. The summed E-state index contributed by atoms with van der Waals surface area (Å²) in [5, 5.41) is 4.65. The molecule has 7 heteroatoms. The van der Waals surface area contributed by atoms with Crippen molar-refractivity contribution in [2.45, 2.75) is 31.7 Å². The molecule has 20 heavy (non-hydrogen) atoms. The lowest BCUT2D eigenvalue weighted by atomic mass is 10.1. The maximum absolute atomic E-state index is 12.9. The summed E-state index contributed by atoms with van der Waals surface area (Å²) in [6.45, 7) is 0.661. The van der Waals surface area contributed by atoms with Crippen LogP contribution in [-0.4, -0.2) is 16.4 Å². The fourth-order valence-electron chi connectivity index (χ4n) is 2.45. The number of nitrogens with zero attached hydrogens (tertiary/aromatic N) is 2. The van der Waals surface area contributed by atoms with Gasteiger partial charge in [0.25, 0.3) is 0 Å². The van der Waals surface area contributed by atoms with Crippen LogP contribution in [0.15, 0.2) is 22.8 Å². The summed E-state index contributed by atoms with van der Waals surface area (Å²) in [4.78, 5) is 0. The van der Waals surface area contributed by atoms with Crippen LogP contribution in [-0.2, 0) is 10.9 Å². The SMILES string of the molecule is FC(F)(F)c1ccc2c(cnn2[C@H]2CCCCO2)c1Br. The molecule has 2 heterocycles. The number of halogens is 4. The predicted molar refractivity (Wildman–Crippen MR) is 71.3 cm³/mol. The van der Waals surface area contributed by atoms with E-state index in [1.54, 1.807) is 4.68 Å². The van der Waals surface area contributed by atoms with E-state index in [0.717, 1.165) is 25.3 Å². The third-order valence-corrected chi connectivity index (χ3v) is 4.30. The van der Waals surface area contributed by atoms with Crippen LogP contribution in [0.25, 0.3) is 10.9 Å². The highest BCUT2D eigenvalue weighted by atomic mass is 79.9. The van der Waals surface area contributed by atoms with Crippen molar-refractivity contribution in [3.8, 4) is 0 Å². The summed E-state index contributed by atoms with van der Waals surface area (Å²) in [5.74, 6) is 0. The first-order valence-corrected chi connectivity index (χ1v) is 7.12. The van der Waals surface area contributed by atoms with Gasteiger partial charge in [-0.05, 0) is 47.3 Å². The van der Waals surface area contributed by atoms with Crippen LogP contribution in [0.1, 0.15) is 31.1 Å². The Hall–Kier alpha value is -1.08. The van der Waals surface area contributed by atoms with Gasteiger partial charge in [0.1, 0.15) is 0 Å². The van der Waals surface area contributed by atoms with E-state index in [1.165, 1.54) is 12.3 Å². The van der Waals surface area contributed by atoms with Gasteiger partial charge < -0.3 is 4.74 Å². The number of hydrogen-bond acceptors (Lipinski definition) is 2. The fourth-order valence-corrected chi connectivity index (χ4v) is 3.11. The van der Waals surface area contributed by atoms with Crippen molar-refractivity contribution in [1.29, 1.82) is 0 Å². The van der Waals surface area contributed by atoms with Gasteiger partial charge in [0.2, 0.25) is 0 Å². The first-order valence-electron chi connectivity index (χ1n) is 6.33. The van der Waals surface area contributed by atoms with Crippen LogP contribution < -0.4 is 0 Å². The van der Waals surface area contributed by atoms with Gasteiger partial charge in [-0.25, -0.2) is 4.68 Å². The first-order chi connectivity index (χ1) is 9.48. The molecule has 108 valence electrons. The van der Waals surface area contributed by atoms with Gasteiger partial charge in [0, 0.05) is 16.5 Å². The van der Waals surface area contributed by atoms with Crippen LogP contribution in [0.2, 0.25) is 0 Å². The lowest BCUT2D eigenvalue weighted by molar-refractivity contribution is -0.138. The molecule has 1 fully saturated rings. The summed E-state index contributed by atoms with van der Waals surface area (Å²) in [7, 11) is 0. The molecule has 0 radical (unpaired) electrons. The molecule has 0 saturated carbocycles. The number of hydrogen-bond donors (Lipinski definition) is 0. The van der Waals surface area contributed by atoms with E-state index in [4.69, 9.17) is 4.74 Å². The van der Waals surface area contributed by atoms with E-state index < -0.39 is 11.7 Å². The maximum atomic E-state index is 12.9. The average molecular weight is 349 g/mol. The topological polar surface area (TPSA) is 27.1 Å². The number of alkyl halides is 3. The van der Waals surface area contributed by atoms with Gasteiger partial charge in [-0.1, -0.05) is 0 Å². The zero-order valence-corrected chi connectivity index (χ0v) is 12.0. The minimum Gasteiger partial charge on any atom is -0.356 e. The van der Waals surface area contributed by atoms with Crippen molar-refractivity contribution in [1.82, 2.24) is 9.78 Å². The number of aromatic nitrogens is 2. The molecule has 0 aliphatic carbocycles. The molecule has 1 aromatic carbocycles. The second-order valence-corrected chi connectivity index (χ2v) is 5.56. The summed E-state index contributed by atoms with van der Waals surface area (Å²) in [6, 6.07) is 2.53. The minimum absolute atomic E-state index is 0.0320. The number of ether oxygens (including phenoxy) is 1. The highest BCUT2D eigenvalue weighted by Crippen LogP contribution is 2.39. The molecule has 1 saturated heterocycles. The van der Waals surface area contributed by atoms with Crippen LogP contribution in [0.5, 0.6) is 0 Å². The van der Waals surface area contributed by atoms with E-state index >= 15 is 0 Å². The molecule has 3 nitrogen and oxygen atoms in total. The van der Waals surface area contributed by atoms with Gasteiger partial charge in [-0.3, -0.25) is 0 Å². The lowest BCUT2D eigenvalue weighted by Gasteiger charge is -2.23. The minimum atomic E-state index is -4.38. The van der Waals surface area contributed by atoms with Crippen molar-refractivity contribution in [2.24, 2.45) is 0 Å². The van der Waals surface area contributed by atoms with Gasteiger partial charge in [0.15, 0.2) is 6.23 Å². The third kappa shape index (κ3) is 2.33. The molecular weight excluding hydrogens is 337 g/mol. The number of fused-ring (bicyclic) bond motifs is 1. The number of rotatable bonds is 1. The molecule has 0 bridgehead atoms. The Morgan fingerprint density at radius 2 is 2.10 bits per heavy atom. The molecule has 1 aliphatic rings. The quantitative estimate of drug-likeness (QED) is 0.757. The zero-order chi connectivity index (χ0) is 14.3. The van der Waals surface area contributed by atoms with Crippen LogP contribution in [0, 0.1) is 0 Å². The largest absolute Gasteiger partial charge is 0.417 e. The smallest absolute Gasteiger partial charge is 0.356 e. The summed E-state index contributed by atoms with van der Waals surface area (Å²) < 4.78 is 45.9. The zero-order valence-electron chi connectivity index (χ0n) is 10.5. The van der Waals surface area contributed by atoms with Crippen LogP contribution in [0.4, 0.5) is 13.2 Å². The van der Waals surface area contributed by atoms with E-state index in [9.17, 15) is 13.2 Å². The number of benzene rings is 1. The molecule has 1 atom stereocenters. The Bertz CT molecular complexity index is 632. The van der Waals surface area contributed by atoms with E-state index in [1.807, 2.05) is 0 Å². The average Bonchev–Trinajstić information content (AvgIpc) is 2.83. The molecule has 0 N–H and O–H groups in total. The van der Waals surface area contributed by atoms with Gasteiger partial charge >= 0.3 is 6.18 Å². The highest BCUT2D eigenvalue weighted by molar-refractivity contribution is 9.10. The van der Waals surface area contributed by atoms with Crippen molar-refractivity contribution < 1.29 is 17.9 Å². The molecule has 1 aromatic heterocycles. The molecule has 0 unspecified atom stereocenters. The maximum Gasteiger partial charge on any atom is 0.417 e. The molecule has 0 amide bonds. The van der Waals surface area contributed by atoms with E-state index in [-0.39, 0.29) is 10.7 Å². The second-order valence-electron chi connectivity index (χ2n) is 4.77. The van der Waals surface area contributed by atoms with Crippen LogP contribution >= 0.6 is 15.9 Å². The van der Waals surface area contributed by atoms with Crippen molar-refractivity contribution >= 4 is 26.8 Å². The summed E-state index contributed by atoms with van der Waals surface area (Å²) >= 11 is 3.04. The molecule has 0 spiro atoms. The Kier molecular flexibility index (Phi) is 3.50. The van der Waals surface area contributed by atoms with Gasteiger partial charge in [-0.15, -0.1) is 0 Å². The normalized spacial score (nSPS) is 20.5. The van der Waals surface area contributed by atoms with Crippen molar-refractivity contribution in [3.05, 3.63) is 28.4 Å². The van der Waals surface area contributed by atoms with Gasteiger partial charge in [0.05, 0.1) is 17.3 Å². The Morgan fingerprint density at radius 3 is 2.75 bits per heavy atom. The monoisotopic (exact) mass is 348 g/mol. The summed E-state index contributed by atoms with van der Waals surface area (Å²) in [5.41, 5.74) is -0.0362. The Balaban J connectivity index is 2.08. The molecular formula is C13H12BrF3N2O. The molecule has 3 rings (SSSR count).